The first-order valence-corrected chi connectivity index (χ1v) is 11.2. The van der Waals surface area contributed by atoms with Crippen LogP contribution in [0.2, 0.25) is 0 Å². The van der Waals surface area contributed by atoms with Gasteiger partial charge in [-0.2, -0.15) is 13.2 Å². The van der Waals surface area contributed by atoms with Crippen molar-refractivity contribution < 1.29 is 32.6 Å². The highest BCUT2D eigenvalue weighted by Crippen LogP contribution is 2.40. The maximum Gasteiger partial charge on any atom is 0.416 e. The van der Waals surface area contributed by atoms with Gasteiger partial charge in [-0.15, -0.1) is 0 Å². The summed E-state index contributed by atoms with van der Waals surface area (Å²) in [5, 5.41) is 11.1. The number of ether oxygens (including phenoxy) is 1. The van der Waals surface area contributed by atoms with E-state index in [1.165, 1.54) is 24.5 Å². The highest BCUT2D eigenvalue weighted by atomic mass is 19.4. The van der Waals surface area contributed by atoms with Gasteiger partial charge >= 0.3 is 6.18 Å². The average Bonchev–Trinajstić information content (AvgIpc) is 3.09. The standard InChI is InChI=1S/C27H23F3N2O4/c1-16(2)36-21-10-8-18(9-11-21)24(33)22-23(19-6-4-12-31-14-19)32(26(35)25(22)34)15-17-5-3-7-20(13-17)27(28,29)30/h3-14,16,23,33H,15H2,1-2H3/b24-22+. The molecule has 3 aromatic rings. The zero-order chi connectivity index (χ0) is 26.0. The highest BCUT2D eigenvalue weighted by Gasteiger charge is 2.46. The number of aliphatic hydroxyl groups is 1. The van der Waals surface area contributed by atoms with Crippen molar-refractivity contribution in [1.82, 2.24) is 9.88 Å². The second-order valence-corrected chi connectivity index (χ2v) is 8.60. The molecular weight excluding hydrogens is 473 g/mol. The third-order valence-electron chi connectivity index (χ3n) is 5.65. The predicted octanol–water partition coefficient (Wildman–Crippen LogP) is 5.51. The molecule has 1 N–H and O–H groups in total. The molecule has 1 saturated heterocycles. The predicted molar refractivity (Wildman–Crippen MR) is 126 cm³/mol. The molecule has 0 aliphatic carbocycles. The first kappa shape index (κ1) is 25.0. The Kier molecular flexibility index (Phi) is 6.83. The number of rotatable bonds is 6. The third kappa shape index (κ3) is 5.10. The van der Waals surface area contributed by atoms with Gasteiger partial charge in [0.25, 0.3) is 11.7 Å². The molecule has 186 valence electrons. The fourth-order valence-corrected chi connectivity index (χ4v) is 4.09. The van der Waals surface area contributed by atoms with E-state index in [0.29, 0.717) is 11.3 Å². The summed E-state index contributed by atoms with van der Waals surface area (Å²) in [4.78, 5) is 31.4. The lowest BCUT2D eigenvalue weighted by Crippen LogP contribution is -2.29. The lowest BCUT2D eigenvalue weighted by atomic mass is 9.96. The molecule has 0 bridgehead atoms. The number of carbonyl (C=O) groups excluding carboxylic acids is 2. The molecule has 4 rings (SSSR count). The second kappa shape index (κ2) is 9.85. The van der Waals surface area contributed by atoms with Gasteiger partial charge in [-0.1, -0.05) is 18.2 Å². The van der Waals surface area contributed by atoms with E-state index in [0.717, 1.165) is 17.0 Å². The number of nitrogens with zero attached hydrogens (tertiary/aromatic N) is 2. The molecule has 1 aromatic heterocycles. The lowest BCUT2D eigenvalue weighted by molar-refractivity contribution is -0.140. The van der Waals surface area contributed by atoms with Crippen molar-refractivity contribution in [3.05, 3.63) is 101 Å². The smallest absolute Gasteiger partial charge is 0.416 e. The Labute approximate surface area is 205 Å². The summed E-state index contributed by atoms with van der Waals surface area (Å²) in [5.74, 6) is -1.70. The van der Waals surface area contributed by atoms with Crippen molar-refractivity contribution in [2.75, 3.05) is 0 Å². The first-order chi connectivity index (χ1) is 17.1. The Bertz CT molecular complexity index is 1300. The normalized spacial score (nSPS) is 17.6. The molecular formula is C27H23F3N2O4. The van der Waals surface area contributed by atoms with E-state index < -0.39 is 35.2 Å². The van der Waals surface area contributed by atoms with Crippen LogP contribution in [-0.4, -0.2) is 32.8 Å². The van der Waals surface area contributed by atoms with Crippen molar-refractivity contribution in [1.29, 1.82) is 0 Å². The number of alkyl halides is 3. The van der Waals surface area contributed by atoms with Crippen LogP contribution in [0.4, 0.5) is 13.2 Å². The Morgan fingerprint density at radius 2 is 1.81 bits per heavy atom. The second-order valence-electron chi connectivity index (χ2n) is 8.60. The van der Waals surface area contributed by atoms with Crippen LogP contribution in [0.25, 0.3) is 5.76 Å². The fraction of sp³-hybridized carbons (Fsp3) is 0.222. The quantitative estimate of drug-likeness (QED) is 0.277. The maximum absolute atomic E-state index is 13.2. The largest absolute Gasteiger partial charge is 0.507 e. The van der Waals surface area contributed by atoms with Gasteiger partial charge in [0.15, 0.2) is 0 Å². The van der Waals surface area contributed by atoms with Gasteiger partial charge in [0.05, 0.1) is 23.3 Å². The first-order valence-electron chi connectivity index (χ1n) is 11.2. The van der Waals surface area contributed by atoms with Crippen LogP contribution in [0, 0.1) is 0 Å². The van der Waals surface area contributed by atoms with Crippen LogP contribution in [0.15, 0.2) is 78.6 Å². The van der Waals surface area contributed by atoms with E-state index in [1.807, 2.05) is 13.8 Å². The third-order valence-corrected chi connectivity index (χ3v) is 5.65. The van der Waals surface area contributed by atoms with E-state index in [2.05, 4.69) is 4.98 Å². The number of hydrogen-bond acceptors (Lipinski definition) is 5. The number of aromatic nitrogens is 1. The molecule has 6 nitrogen and oxygen atoms in total. The zero-order valence-electron chi connectivity index (χ0n) is 19.5. The topological polar surface area (TPSA) is 79.7 Å². The fourth-order valence-electron chi connectivity index (χ4n) is 4.09. The molecule has 1 unspecified atom stereocenters. The Hall–Kier alpha value is -4.14. The van der Waals surface area contributed by atoms with E-state index in [4.69, 9.17) is 4.74 Å². The molecule has 1 atom stereocenters. The van der Waals surface area contributed by atoms with Gasteiger partial charge in [0.2, 0.25) is 0 Å². The van der Waals surface area contributed by atoms with Crippen LogP contribution in [-0.2, 0) is 22.3 Å². The molecule has 0 spiro atoms. The van der Waals surface area contributed by atoms with Crippen LogP contribution >= 0.6 is 0 Å². The molecule has 1 aliphatic rings. The van der Waals surface area contributed by atoms with Crippen LogP contribution in [0.3, 0.4) is 0 Å². The lowest BCUT2D eigenvalue weighted by Gasteiger charge is -2.25. The van der Waals surface area contributed by atoms with Crippen LogP contribution in [0.1, 0.15) is 42.1 Å². The minimum absolute atomic E-state index is 0.0591. The zero-order valence-corrected chi connectivity index (χ0v) is 19.5. The summed E-state index contributed by atoms with van der Waals surface area (Å²) < 4.78 is 45.3. The van der Waals surface area contributed by atoms with E-state index >= 15 is 0 Å². The van der Waals surface area contributed by atoms with Crippen molar-refractivity contribution in [3.8, 4) is 5.75 Å². The summed E-state index contributed by atoms with van der Waals surface area (Å²) in [5.41, 5.74) is -0.117. The number of benzene rings is 2. The summed E-state index contributed by atoms with van der Waals surface area (Å²) in [6.07, 6.45) is -1.66. The minimum atomic E-state index is -4.56. The monoisotopic (exact) mass is 496 g/mol. The van der Waals surface area contributed by atoms with Gasteiger partial charge in [-0.25, -0.2) is 0 Å². The van der Waals surface area contributed by atoms with E-state index in [9.17, 15) is 27.9 Å². The van der Waals surface area contributed by atoms with E-state index in [-0.39, 0.29) is 29.3 Å². The maximum atomic E-state index is 13.2. The molecule has 1 aliphatic heterocycles. The number of ketones is 1. The summed E-state index contributed by atoms with van der Waals surface area (Å²) in [6.45, 7) is 3.47. The van der Waals surface area contributed by atoms with Crippen LogP contribution in [0.5, 0.6) is 5.75 Å². The van der Waals surface area contributed by atoms with Crippen molar-refractivity contribution in [3.63, 3.8) is 0 Å². The Morgan fingerprint density at radius 3 is 2.42 bits per heavy atom. The Balaban J connectivity index is 1.77. The number of hydrogen-bond donors (Lipinski definition) is 1. The van der Waals surface area contributed by atoms with Crippen molar-refractivity contribution in [2.45, 2.75) is 38.7 Å². The number of amides is 1. The number of likely N-dealkylation sites (tertiary alicyclic amines) is 1. The van der Waals surface area contributed by atoms with Gasteiger partial charge in [0.1, 0.15) is 11.5 Å². The van der Waals surface area contributed by atoms with E-state index in [1.54, 1.807) is 36.4 Å². The van der Waals surface area contributed by atoms with Gasteiger partial charge < -0.3 is 14.7 Å². The van der Waals surface area contributed by atoms with Crippen molar-refractivity contribution >= 4 is 17.4 Å². The van der Waals surface area contributed by atoms with Gasteiger partial charge in [-0.05, 0) is 67.4 Å². The molecule has 2 aromatic carbocycles. The average molecular weight is 496 g/mol. The summed E-state index contributed by atoms with van der Waals surface area (Å²) in [7, 11) is 0. The van der Waals surface area contributed by atoms with Crippen LogP contribution < -0.4 is 4.74 Å². The number of aliphatic hydroxyl groups excluding tert-OH is 1. The molecule has 9 heteroatoms. The number of carbonyl (C=O) groups is 2. The van der Waals surface area contributed by atoms with Crippen molar-refractivity contribution in [2.24, 2.45) is 0 Å². The minimum Gasteiger partial charge on any atom is -0.507 e. The number of Topliss-reactive ketones (excluding diaryl/α,β-unsaturated/α-hetero) is 1. The molecule has 1 amide bonds. The highest BCUT2D eigenvalue weighted by molar-refractivity contribution is 6.46. The summed E-state index contributed by atoms with van der Waals surface area (Å²) in [6, 6.07) is 13.2. The van der Waals surface area contributed by atoms with Gasteiger partial charge in [0, 0.05) is 24.5 Å². The molecule has 0 radical (unpaired) electrons. The summed E-state index contributed by atoms with van der Waals surface area (Å²) >= 11 is 0. The molecule has 36 heavy (non-hydrogen) atoms. The SMILES string of the molecule is CC(C)Oc1ccc(/C(O)=C2\C(=O)C(=O)N(Cc3cccc(C(F)(F)F)c3)C2c2cccnc2)cc1. The number of halogens is 3. The molecule has 1 fully saturated rings. The van der Waals surface area contributed by atoms with Gasteiger partial charge in [-0.3, -0.25) is 14.6 Å². The molecule has 0 saturated carbocycles. The number of pyridine rings is 1. The molecule has 2 heterocycles. The Morgan fingerprint density at radius 1 is 1.08 bits per heavy atom.